The predicted molar refractivity (Wildman–Crippen MR) is 217 cm³/mol. The van der Waals surface area contributed by atoms with Crippen LogP contribution in [0.25, 0.3) is 55.6 Å². The van der Waals surface area contributed by atoms with E-state index in [1.54, 1.807) is 0 Å². The second-order valence-electron chi connectivity index (χ2n) is 13.9. The zero-order chi connectivity index (χ0) is 34.9. The first-order chi connectivity index (χ1) is 25.5. The minimum atomic E-state index is 0.737. The van der Waals surface area contributed by atoms with Gasteiger partial charge < -0.3 is 14.4 Å². The Morgan fingerprint density at radius 1 is 0.462 bits per heavy atom. The van der Waals surface area contributed by atoms with Gasteiger partial charge in [0.1, 0.15) is 12.5 Å². The van der Waals surface area contributed by atoms with Crippen molar-refractivity contribution < 1.29 is 0 Å². The zero-order valence-electron chi connectivity index (χ0n) is 29.5. The van der Waals surface area contributed by atoms with Gasteiger partial charge in [-0.05, 0) is 98.6 Å². The van der Waals surface area contributed by atoms with Crippen molar-refractivity contribution in [1.29, 1.82) is 0 Å². The van der Waals surface area contributed by atoms with Crippen LogP contribution in [-0.4, -0.2) is 20.8 Å². The highest BCUT2D eigenvalue weighted by molar-refractivity contribution is 6.10. The minimum Gasteiger partial charge on any atom is -0.321 e. The molecular formula is C47H37N5. The molecular weight excluding hydrogens is 635 g/mol. The van der Waals surface area contributed by atoms with Gasteiger partial charge in [0, 0.05) is 39.1 Å². The molecule has 9 aromatic rings. The van der Waals surface area contributed by atoms with Crippen molar-refractivity contribution in [3.8, 4) is 22.8 Å². The molecule has 0 fully saturated rings. The first-order valence-electron chi connectivity index (χ1n) is 17.9. The van der Waals surface area contributed by atoms with Crippen LogP contribution in [0.3, 0.4) is 0 Å². The third kappa shape index (κ3) is 4.66. The molecule has 0 N–H and O–H groups in total. The van der Waals surface area contributed by atoms with Gasteiger partial charge in [0.2, 0.25) is 0 Å². The molecule has 3 heterocycles. The molecule has 0 amide bonds. The average molecular weight is 672 g/mol. The fourth-order valence-corrected chi connectivity index (χ4v) is 8.47. The number of rotatable bonds is 5. The Morgan fingerprint density at radius 2 is 1.10 bits per heavy atom. The lowest BCUT2D eigenvalue weighted by molar-refractivity contribution is 0.977. The van der Waals surface area contributed by atoms with E-state index in [0.29, 0.717) is 0 Å². The van der Waals surface area contributed by atoms with Crippen LogP contribution in [0.15, 0.2) is 158 Å². The topological polar surface area (TPSA) is 29.2 Å². The molecule has 7 aromatic carbocycles. The van der Waals surface area contributed by atoms with Crippen LogP contribution < -0.4 is 9.80 Å². The summed E-state index contributed by atoms with van der Waals surface area (Å²) in [5.41, 5.74) is 16.4. The molecule has 1 aliphatic heterocycles. The molecule has 0 bridgehead atoms. The third-order valence-corrected chi connectivity index (χ3v) is 10.6. The Balaban J connectivity index is 1.14. The normalized spacial score (nSPS) is 12.8. The van der Waals surface area contributed by atoms with Crippen molar-refractivity contribution in [2.24, 2.45) is 0 Å². The molecule has 0 spiro atoms. The molecule has 0 radical (unpaired) electrons. The molecule has 0 saturated carbocycles. The summed E-state index contributed by atoms with van der Waals surface area (Å²) in [6.07, 6.45) is 0. The summed E-state index contributed by atoms with van der Waals surface area (Å²) >= 11 is 0. The summed E-state index contributed by atoms with van der Waals surface area (Å²) in [6, 6.07) is 56.8. The number of aryl methyl sites for hydroxylation is 3. The van der Waals surface area contributed by atoms with E-state index in [1.165, 1.54) is 50.0 Å². The Morgan fingerprint density at radius 3 is 1.90 bits per heavy atom. The number of aromatic nitrogens is 3. The van der Waals surface area contributed by atoms with Gasteiger partial charge >= 0.3 is 0 Å². The zero-order valence-corrected chi connectivity index (χ0v) is 29.5. The van der Waals surface area contributed by atoms with E-state index in [2.05, 4.69) is 197 Å². The molecule has 10 rings (SSSR count). The van der Waals surface area contributed by atoms with Gasteiger partial charge in [-0.3, -0.25) is 4.57 Å². The van der Waals surface area contributed by atoms with Crippen molar-refractivity contribution in [3.05, 3.63) is 174 Å². The van der Waals surface area contributed by atoms with Gasteiger partial charge in [0.15, 0.2) is 0 Å². The van der Waals surface area contributed by atoms with Crippen LogP contribution in [0, 0.1) is 20.8 Å². The van der Waals surface area contributed by atoms with Crippen molar-refractivity contribution in [2.45, 2.75) is 20.8 Å². The number of para-hydroxylation sites is 6. The smallest absolute Gasteiger partial charge is 0.145 e. The summed E-state index contributed by atoms with van der Waals surface area (Å²) < 4.78 is 4.69. The van der Waals surface area contributed by atoms with Crippen LogP contribution in [0.5, 0.6) is 0 Å². The van der Waals surface area contributed by atoms with Gasteiger partial charge in [-0.25, -0.2) is 4.98 Å². The van der Waals surface area contributed by atoms with Gasteiger partial charge in [-0.15, -0.1) is 0 Å². The summed E-state index contributed by atoms with van der Waals surface area (Å²) in [4.78, 5) is 10.1. The lowest BCUT2D eigenvalue weighted by Crippen LogP contribution is -2.25. The SMILES string of the molecule is Cc1cc(C)c(N2CN(c3cccc(-n4c5ccccc5c5ccc(-c6nc7ccccc7n6-c6ccccc6)cc54)c3)c3ccccc32)c(C)c1. The summed E-state index contributed by atoms with van der Waals surface area (Å²) in [7, 11) is 0. The van der Waals surface area contributed by atoms with Crippen LogP contribution in [-0.2, 0) is 0 Å². The standard InChI is InChI=1S/C47H37N5/c1-31-26-32(2)46(33(3)27-31)50-30-49(43-22-11-12-23-44(43)50)36-16-13-17-37(29-36)51-41-20-9-7-18-38(41)39-25-24-34(28-45(39)51)47-48-40-19-8-10-21-42(40)52(47)35-14-5-4-6-15-35/h4-29H,30H2,1-3H3. The van der Waals surface area contributed by atoms with E-state index < -0.39 is 0 Å². The van der Waals surface area contributed by atoms with E-state index in [4.69, 9.17) is 4.98 Å². The van der Waals surface area contributed by atoms with Crippen molar-refractivity contribution >= 4 is 55.6 Å². The molecule has 0 saturated heterocycles. The summed E-state index contributed by atoms with van der Waals surface area (Å²) in [5.74, 6) is 0.926. The van der Waals surface area contributed by atoms with Crippen molar-refractivity contribution in [2.75, 3.05) is 16.5 Å². The maximum absolute atomic E-state index is 5.20. The van der Waals surface area contributed by atoms with E-state index in [9.17, 15) is 0 Å². The van der Waals surface area contributed by atoms with Gasteiger partial charge in [0.05, 0.1) is 33.4 Å². The maximum Gasteiger partial charge on any atom is 0.145 e. The van der Waals surface area contributed by atoms with E-state index in [-0.39, 0.29) is 0 Å². The van der Waals surface area contributed by atoms with Crippen molar-refractivity contribution in [3.63, 3.8) is 0 Å². The molecule has 250 valence electrons. The molecule has 5 nitrogen and oxygen atoms in total. The molecule has 5 heteroatoms. The van der Waals surface area contributed by atoms with E-state index >= 15 is 0 Å². The second kappa shape index (κ2) is 11.7. The molecule has 0 aliphatic carbocycles. The summed E-state index contributed by atoms with van der Waals surface area (Å²) in [5, 5.41) is 2.45. The average Bonchev–Trinajstić information content (AvgIpc) is 3.85. The Bertz CT molecular complexity index is 2800. The van der Waals surface area contributed by atoms with Gasteiger partial charge in [-0.1, -0.05) is 96.6 Å². The highest BCUT2D eigenvalue weighted by atomic mass is 15.4. The summed E-state index contributed by atoms with van der Waals surface area (Å²) in [6.45, 7) is 7.37. The maximum atomic E-state index is 5.20. The number of hydrogen-bond donors (Lipinski definition) is 0. The first-order valence-corrected chi connectivity index (χ1v) is 17.9. The molecule has 0 atom stereocenters. The largest absolute Gasteiger partial charge is 0.321 e. The number of hydrogen-bond acceptors (Lipinski definition) is 3. The minimum absolute atomic E-state index is 0.737. The van der Waals surface area contributed by atoms with Crippen LogP contribution in [0.4, 0.5) is 22.7 Å². The first kappa shape index (κ1) is 30.3. The Kier molecular flexibility index (Phi) is 6.83. The number of imidazole rings is 1. The fourth-order valence-electron chi connectivity index (χ4n) is 8.47. The third-order valence-electron chi connectivity index (χ3n) is 10.6. The fraction of sp³-hybridized carbons (Fsp3) is 0.0851. The monoisotopic (exact) mass is 671 g/mol. The number of anilines is 4. The number of benzene rings is 7. The lowest BCUT2D eigenvalue weighted by atomic mass is 10.0. The lowest BCUT2D eigenvalue weighted by Gasteiger charge is -2.26. The molecule has 1 aliphatic rings. The number of fused-ring (bicyclic) bond motifs is 5. The van der Waals surface area contributed by atoms with Crippen LogP contribution in [0.1, 0.15) is 16.7 Å². The van der Waals surface area contributed by atoms with Gasteiger partial charge in [0.25, 0.3) is 0 Å². The van der Waals surface area contributed by atoms with Crippen LogP contribution >= 0.6 is 0 Å². The second-order valence-corrected chi connectivity index (χ2v) is 13.9. The molecule has 0 unspecified atom stereocenters. The quantitative estimate of drug-likeness (QED) is 0.182. The van der Waals surface area contributed by atoms with E-state index in [0.717, 1.165) is 51.7 Å². The van der Waals surface area contributed by atoms with Crippen LogP contribution in [0.2, 0.25) is 0 Å². The highest BCUT2D eigenvalue weighted by Gasteiger charge is 2.30. The van der Waals surface area contributed by atoms with Crippen molar-refractivity contribution in [1.82, 2.24) is 14.1 Å². The van der Waals surface area contributed by atoms with Gasteiger partial charge in [-0.2, -0.15) is 0 Å². The highest BCUT2D eigenvalue weighted by Crippen LogP contribution is 2.46. The Hall–Kier alpha value is -6.59. The predicted octanol–water partition coefficient (Wildman–Crippen LogP) is 12.0. The Labute approximate surface area is 303 Å². The molecule has 2 aromatic heterocycles. The molecule has 52 heavy (non-hydrogen) atoms. The number of nitrogens with zero attached hydrogens (tertiary/aromatic N) is 5. The van der Waals surface area contributed by atoms with E-state index in [1.807, 2.05) is 0 Å².